The summed E-state index contributed by atoms with van der Waals surface area (Å²) in [7, 11) is 1.83. The summed E-state index contributed by atoms with van der Waals surface area (Å²) in [6.07, 6.45) is 3.16. The number of rotatable bonds is 6. The Labute approximate surface area is 137 Å². The highest BCUT2D eigenvalue weighted by Gasteiger charge is 2.24. The Balaban J connectivity index is 1.97. The number of nitrogens with zero attached hydrogens (tertiary/aromatic N) is 4. The molecule has 3 rings (SSSR count). The molecule has 24 heavy (non-hydrogen) atoms. The van der Waals surface area contributed by atoms with Crippen LogP contribution < -0.4 is 24.9 Å². The van der Waals surface area contributed by atoms with Gasteiger partial charge in [-0.1, -0.05) is 0 Å². The topological polar surface area (TPSA) is 110 Å². The molecule has 9 nitrogen and oxygen atoms in total. The van der Waals surface area contributed by atoms with Gasteiger partial charge in [0.1, 0.15) is 18.0 Å². The Morgan fingerprint density at radius 1 is 1.29 bits per heavy atom. The van der Waals surface area contributed by atoms with E-state index in [1.807, 2.05) is 7.05 Å². The zero-order chi connectivity index (χ0) is 16.9. The van der Waals surface area contributed by atoms with Gasteiger partial charge in [-0.2, -0.15) is 0 Å². The molecule has 3 aromatic rings. The van der Waals surface area contributed by atoms with Gasteiger partial charge in [-0.15, -0.1) is 0 Å². The third kappa shape index (κ3) is 3.25. The van der Waals surface area contributed by atoms with Gasteiger partial charge in [0.2, 0.25) is 9.94 Å². The van der Waals surface area contributed by atoms with Crippen LogP contribution in [-0.2, 0) is 0 Å². The monoisotopic (exact) mass is 329 g/mol. The summed E-state index contributed by atoms with van der Waals surface area (Å²) < 4.78 is 6.15. The predicted octanol–water partition coefficient (Wildman–Crippen LogP) is 0.130. The maximum absolute atomic E-state index is 12.5. The minimum atomic E-state index is -0.0784. The molecule has 0 spiro atoms. The lowest BCUT2D eigenvalue weighted by molar-refractivity contribution is -0.933. The molecule has 0 aliphatic carbocycles. The van der Waals surface area contributed by atoms with Gasteiger partial charge in [-0.05, 0) is 25.2 Å². The quantitative estimate of drug-likeness (QED) is 0.255. The fourth-order valence-corrected chi connectivity index (χ4v) is 2.14. The largest absolute Gasteiger partial charge is 0.739 e. The lowest BCUT2D eigenvalue weighted by Crippen LogP contribution is -2.45. The Morgan fingerprint density at radius 2 is 2.17 bits per heavy atom. The van der Waals surface area contributed by atoms with Crippen LogP contribution in [0.25, 0.3) is 11.0 Å². The molecular weight excluding hydrogens is 312 g/mol. The highest BCUT2D eigenvalue weighted by atomic mass is 16.5. The summed E-state index contributed by atoms with van der Waals surface area (Å²) in [5.74, 6) is 0.450. The van der Waals surface area contributed by atoms with Crippen molar-refractivity contribution in [2.75, 3.05) is 25.5 Å². The van der Waals surface area contributed by atoms with E-state index in [1.54, 1.807) is 42.7 Å². The van der Waals surface area contributed by atoms with Crippen LogP contribution in [0.2, 0.25) is 0 Å². The predicted molar refractivity (Wildman–Crippen MR) is 85.0 cm³/mol. The van der Waals surface area contributed by atoms with Gasteiger partial charge in [0.05, 0.1) is 6.20 Å². The molecule has 0 aliphatic rings. The zero-order valence-corrected chi connectivity index (χ0v) is 13.0. The number of ether oxygens (including phenoxy) is 1. The standard InChI is InChI=1S/C15H17N6O3/c1-16-7-8-24-12-4-5-13-14(9-12)20(22)15(19-21(13)23)18-11-3-2-6-17-10-11/h2-6,9-10,16H,7-8H2,1H3,(H2,18,19,23)/q+1. The van der Waals surface area contributed by atoms with Crippen molar-refractivity contribution >= 4 is 22.7 Å². The van der Waals surface area contributed by atoms with Crippen LogP contribution in [0.3, 0.4) is 0 Å². The molecule has 2 heterocycles. The average molecular weight is 329 g/mol. The normalized spacial score (nSPS) is 10.7. The molecule has 0 atom stereocenters. The van der Waals surface area contributed by atoms with E-state index in [0.29, 0.717) is 34.2 Å². The fraction of sp³-hybridized carbons (Fsp3) is 0.200. The van der Waals surface area contributed by atoms with Gasteiger partial charge in [0, 0.05) is 24.9 Å². The minimum absolute atomic E-state index is 0.0784. The molecule has 0 radical (unpaired) electrons. The van der Waals surface area contributed by atoms with Crippen molar-refractivity contribution < 1.29 is 19.5 Å². The number of pyridine rings is 1. The van der Waals surface area contributed by atoms with Crippen molar-refractivity contribution in [2.45, 2.75) is 0 Å². The summed E-state index contributed by atoms with van der Waals surface area (Å²) in [5, 5.41) is 32.2. The number of anilines is 2. The molecular formula is C15H17N6O3+. The van der Waals surface area contributed by atoms with E-state index < -0.39 is 0 Å². The Kier molecular flexibility index (Phi) is 4.52. The lowest BCUT2D eigenvalue weighted by atomic mass is 10.3. The van der Waals surface area contributed by atoms with Crippen LogP contribution in [0.5, 0.6) is 5.75 Å². The summed E-state index contributed by atoms with van der Waals surface area (Å²) in [6, 6.07) is 8.25. The molecule has 2 aromatic heterocycles. The van der Waals surface area contributed by atoms with E-state index in [0.717, 1.165) is 0 Å². The molecule has 124 valence electrons. The second kappa shape index (κ2) is 6.92. The molecule has 0 saturated heterocycles. The highest BCUT2D eigenvalue weighted by Crippen LogP contribution is 2.17. The van der Waals surface area contributed by atoms with Crippen LogP contribution in [0.1, 0.15) is 0 Å². The second-order valence-electron chi connectivity index (χ2n) is 4.98. The van der Waals surface area contributed by atoms with Crippen LogP contribution in [-0.4, -0.2) is 35.5 Å². The number of likely N-dealkylation sites (N-methyl/N-ethyl adjacent to an activating group) is 1. The van der Waals surface area contributed by atoms with Gasteiger partial charge < -0.3 is 15.3 Å². The van der Waals surface area contributed by atoms with E-state index in [9.17, 15) is 10.4 Å². The number of aromatic nitrogens is 4. The summed E-state index contributed by atoms with van der Waals surface area (Å²) in [6.45, 7) is 1.14. The first-order valence-corrected chi connectivity index (χ1v) is 7.32. The van der Waals surface area contributed by atoms with Crippen LogP contribution in [0.15, 0.2) is 42.7 Å². The van der Waals surface area contributed by atoms with Crippen molar-refractivity contribution in [3.8, 4) is 5.75 Å². The lowest BCUT2D eigenvalue weighted by Gasteiger charge is -2.10. The smallest absolute Gasteiger partial charge is 0.469 e. The molecule has 0 aliphatic heterocycles. The van der Waals surface area contributed by atoms with Crippen molar-refractivity contribution in [1.82, 2.24) is 15.4 Å². The van der Waals surface area contributed by atoms with Crippen LogP contribution in [0, 0.1) is 5.21 Å². The molecule has 0 fully saturated rings. The number of hydrogen-bond acceptors (Lipinski definition) is 7. The molecule has 0 amide bonds. The van der Waals surface area contributed by atoms with Crippen molar-refractivity contribution in [3.05, 3.63) is 47.9 Å². The molecule has 9 heteroatoms. The summed E-state index contributed by atoms with van der Waals surface area (Å²) in [4.78, 5) is 4.61. The van der Waals surface area contributed by atoms with Crippen LogP contribution in [0.4, 0.5) is 11.6 Å². The fourth-order valence-electron chi connectivity index (χ4n) is 2.14. The first kappa shape index (κ1) is 15.7. The van der Waals surface area contributed by atoms with Gasteiger partial charge in [-0.25, -0.2) is 15.3 Å². The van der Waals surface area contributed by atoms with E-state index in [2.05, 4.69) is 20.7 Å². The molecule has 1 aromatic carbocycles. The average Bonchev–Trinajstić information content (AvgIpc) is 2.60. The van der Waals surface area contributed by atoms with Gasteiger partial charge in [0.25, 0.3) is 0 Å². The number of fused-ring (bicyclic) bond motifs is 1. The molecule has 0 bridgehead atoms. The number of hydrogen-bond donors (Lipinski definition) is 3. The Morgan fingerprint density at radius 3 is 2.92 bits per heavy atom. The van der Waals surface area contributed by atoms with Crippen molar-refractivity contribution in [3.63, 3.8) is 0 Å². The third-order valence-electron chi connectivity index (χ3n) is 3.30. The first-order valence-electron chi connectivity index (χ1n) is 7.32. The minimum Gasteiger partial charge on any atom is -0.739 e. The van der Waals surface area contributed by atoms with Gasteiger partial charge >= 0.3 is 11.5 Å². The Hall–Kier alpha value is -3.20. The zero-order valence-electron chi connectivity index (χ0n) is 13.0. The maximum atomic E-state index is 12.5. The van der Waals surface area contributed by atoms with Gasteiger partial charge in [0.15, 0.2) is 5.52 Å². The van der Waals surface area contributed by atoms with Crippen LogP contribution >= 0.6 is 0 Å². The highest BCUT2D eigenvalue weighted by molar-refractivity contribution is 5.70. The second-order valence-corrected chi connectivity index (χ2v) is 4.98. The van der Waals surface area contributed by atoms with Crippen molar-refractivity contribution in [2.24, 2.45) is 0 Å². The first-order chi connectivity index (χ1) is 11.7. The van der Waals surface area contributed by atoms with Gasteiger partial charge in [-0.3, -0.25) is 4.98 Å². The van der Waals surface area contributed by atoms with E-state index in [1.165, 1.54) is 0 Å². The molecule has 0 unspecified atom stereocenters. The summed E-state index contributed by atoms with van der Waals surface area (Å²) in [5.41, 5.74) is 1.07. The van der Waals surface area contributed by atoms with E-state index in [4.69, 9.17) is 4.74 Å². The number of nitrogens with one attached hydrogen (secondary N) is 2. The van der Waals surface area contributed by atoms with E-state index in [-0.39, 0.29) is 17.0 Å². The summed E-state index contributed by atoms with van der Waals surface area (Å²) >= 11 is 0. The Bertz CT molecular complexity index is 843. The number of benzene rings is 1. The maximum Gasteiger partial charge on any atom is 0.469 e. The molecule has 3 N–H and O–H groups in total. The van der Waals surface area contributed by atoms with Crippen molar-refractivity contribution in [1.29, 1.82) is 0 Å². The molecule has 0 saturated carbocycles. The SMILES string of the molecule is CNCCOc1ccc2c(c1)[n+]([O-])c(Nc1cccnc1)n[n+]2O. The van der Waals surface area contributed by atoms with E-state index >= 15 is 0 Å². The third-order valence-corrected chi connectivity index (χ3v) is 3.30.